The number of aromatic nitrogens is 1. The molecule has 0 saturated carbocycles. The summed E-state index contributed by atoms with van der Waals surface area (Å²) in [5.41, 5.74) is 5.91. The number of likely N-dealkylation sites (tertiary alicyclic amines) is 1. The second-order valence-corrected chi connectivity index (χ2v) is 7.53. The molecular formula is C21H23N3O7. The zero-order valence-corrected chi connectivity index (χ0v) is 17.0. The summed E-state index contributed by atoms with van der Waals surface area (Å²) in [6, 6.07) is 6.55. The Hall–Kier alpha value is -3.40. The molecular weight excluding hydrogens is 406 g/mol. The lowest BCUT2D eigenvalue weighted by Crippen LogP contribution is -2.33. The highest BCUT2D eigenvalue weighted by atomic mass is 16.6. The van der Waals surface area contributed by atoms with Gasteiger partial charge in [0.25, 0.3) is 0 Å². The Morgan fingerprint density at radius 2 is 1.90 bits per heavy atom. The monoisotopic (exact) mass is 429 g/mol. The number of carbonyl (C=O) groups excluding carboxylic acids is 3. The minimum absolute atomic E-state index is 0.0256. The number of benzene rings is 1. The van der Waals surface area contributed by atoms with E-state index in [1.807, 2.05) is 6.92 Å². The quantitative estimate of drug-likeness (QED) is 0.417. The molecule has 10 nitrogen and oxygen atoms in total. The van der Waals surface area contributed by atoms with Gasteiger partial charge in [-0.05, 0) is 44.5 Å². The van der Waals surface area contributed by atoms with Crippen LogP contribution in [0.15, 0.2) is 28.8 Å². The van der Waals surface area contributed by atoms with Gasteiger partial charge in [0.1, 0.15) is 5.75 Å². The molecule has 0 aliphatic carbocycles. The Balaban J connectivity index is 1.78. The Morgan fingerprint density at radius 3 is 2.61 bits per heavy atom. The van der Waals surface area contributed by atoms with Crippen molar-refractivity contribution >= 4 is 18.0 Å². The minimum Gasteiger partial charge on any atom is -0.438 e. The fourth-order valence-corrected chi connectivity index (χ4v) is 4.00. The van der Waals surface area contributed by atoms with E-state index in [2.05, 4.69) is 10.1 Å². The predicted molar refractivity (Wildman–Crippen MR) is 106 cm³/mol. The van der Waals surface area contributed by atoms with Gasteiger partial charge in [0, 0.05) is 12.5 Å². The SMILES string of the molecule is CC[C@@H](CN1CCCC1)[C@H](OC(N)=O)c1onc2c1OC(=O)C(=O)Oc1ccccc1-2. The van der Waals surface area contributed by atoms with Crippen molar-refractivity contribution in [3.05, 3.63) is 30.0 Å². The summed E-state index contributed by atoms with van der Waals surface area (Å²) in [6.45, 7) is 4.48. The molecule has 1 amide bonds. The van der Waals surface area contributed by atoms with Crippen LogP contribution in [-0.4, -0.2) is 47.7 Å². The van der Waals surface area contributed by atoms with E-state index in [9.17, 15) is 14.4 Å². The average Bonchev–Trinajstić information content (AvgIpc) is 3.40. The number of amides is 1. The van der Waals surface area contributed by atoms with E-state index in [0.29, 0.717) is 18.5 Å². The number of nitrogens with zero attached hydrogens (tertiary/aromatic N) is 2. The van der Waals surface area contributed by atoms with E-state index in [1.54, 1.807) is 18.2 Å². The molecule has 1 aromatic carbocycles. The van der Waals surface area contributed by atoms with Gasteiger partial charge in [-0.2, -0.15) is 0 Å². The van der Waals surface area contributed by atoms with Crippen molar-refractivity contribution in [3.8, 4) is 22.8 Å². The van der Waals surface area contributed by atoms with Crippen molar-refractivity contribution in [1.29, 1.82) is 0 Å². The van der Waals surface area contributed by atoms with E-state index < -0.39 is 24.1 Å². The second-order valence-electron chi connectivity index (χ2n) is 7.53. The molecule has 0 spiro atoms. The smallest absolute Gasteiger partial charge is 0.423 e. The molecule has 1 aromatic heterocycles. The third-order valence-electron chi connectivity index (χ3n) is 5.53. The maximum atomic E-state index is 12.2. The fourth-order valence-electron chi connectivity index (χ4n) is 4.00. The summed E-state index contributed by atoms with van der Waals surface area (Å²) in [5, 5.41) is 4.05. The average molecular weight is 429 g/mol. The van der Waals surface area contributed by atoms with Crippen molar-refractivity contribution in [2.75, 3.05) is 19.6 Å². The number of rotatable bonds is 6. The van der Waals surface area contributed by atoms with Crippen molar-refractivity contribution in [3.63, 3.8) is 0 Å². The Morgan fingerprint density at radius 1 is 1.19 bits per heavy atom. The fraction of sp³-hybridized carbons (Fsp3) is 0.429. The number of nitrogens with two attached hydrogens (primary N) is 1. The molecule has 164 valence electrons. The summed E-state index contributed by atoms with van der Waals surface area (Å²) in [7, 11) is 0. The number of para-hydroxylation sites is 1. The maximum Gasteiger partial charge on any atom is 0.423 e. The summed E-state index contributed by atoms with van der Waals surface area (Å²) in [4.78, 5) is 38.3. The van der Waals surface area contributed by atoms with Crippen LogP contribution in [-0.2, 0) is 14.3 Å². The Bertz CT molecular complexity index is 997. The Labute approximate surface area is 178 Å². The molecule has 0 unspecified atom stereocenters. The number of hydrogen-bond acceptors (Lipinski definition) is 9. The number of hydrogen-bond donors (Lipinski definition) is 1. The van der Waals surface area contributed by atoms with Gasteiger partial charge in [-0.3, -0.25) is 0 Å². The number of carbonyl (C=O) groups is 3. The molecule has 3 heterocycles. The van der Waals surface area contributed by atoms with Crippen molar-refractivity contribution in [2.24, 2.45) is 11.7 Å². The van der Waals surface area contributed by atoms with E-state index in [4.69, 9.17) is 24.5 Å². The lowest BCUT2D eigenvalue weighted by atomic mass is 9.95. The van der Waals surface area contributed by atoms with Crippen LogP contribution < -0.4 is 15.2 Å². The summed E-state index contributed by atoms with van der Waals surface area (Å²) in [5.74, 6) is -2.53. The maximum absolute atomic E-state index is 12.2. The number of ether oxygens (including phenoxy) is 3. The number of fused-ring (bicyclic) bond motifs is 3. The van der Waals surface area contributed by atoms with Crippen molar-refractivity contribution < 1.29 is 33.1 Å². The number of esters is 2. The highest BCUT2D eigenvalue weighted by molar-refractivity contribution is 6.31. The first-order valence-corrected chi connectivity index (χ1v) is 10.2. The molecule has 2 atom stereocenters. The van der Waals surface area contributed by atoms with Gasteiger partial charge < -0.3 is 29.4 Å². The zero-order chi connectivity index (χ0) is 22.0. The standard InChI is InChI=1S/C21H23N3O7/c1-2-12(11-24-9-5-6-10-24)16(30-21(22)27)18-17-15(23-31-18)13-7-3-4-8-14(13)28-19(25)20(26)29-17/h3-4,7-8,12,16H,2,5-6,9-11H2,1H3,(H2,22,27)/t12-,16-/m0/s1. The molecule has 2 aliphatic rings. The van der Waals surface area contributed by atoms with Gasteiger partial charge in [-0.1, -0.05) is 24.2 Å². The largest absolute Gasteiger partial charge is 0.438 e. The molecule has 2 N–H and O–H groups in total. The van der Waals surface area contributed by atoms with E-state index >= 15 is 0 Å². The molecule has 31 heavy (non-hydrogen) atoms. The lowest BCUT2D eigenvalue weighted by molar-refractivity contribution is -0.156. The Kier molecular flexibility index (Phi) is 5.90. The van der Waals surface area contributed by atoms with Gasteiger partial charge in [-0.25, -0.2) is 14.4 Å². The topological polar surface area (TPSA) is 134 Å². The van der Waals surface area contributed by atoms with Crippen molar-refractivity contribution in [1.82, 2.24) is 10.1 Å². The van der Waals surface area contributed by atoms with Crippen LogP contribution in [0.2, 0.25) is 0 Å². The third kappa shape index (κ3) is 4.24. The lowest BCUT2D eigenvalue weighted by Gasteiger charge is -2.28. The van der Waals surface area contributed by atoms with Crippen molar-refractivity contribution in [2.45, 2.75) is 32.3 Å². The van der Waals surface area contributed by atoms with E-state index in [0.717, 1.165) is 25.9 Å². The summed E-state index contributed by atoms with van der Waals surface area (Å²) in [6.07, 6.45) is 0.899. The van der Waals surface area contributed by atoms with Crippen LogP contribution in [0, 0.1) is 5.92 Å². The second kappa shape index (κ2) is 8.76. The first-order valence-electron chi connectivity index (χ1n) is 10.2. The van der Waals surface area contributed by atoms with Crippen LogP contribution in [0.4, 0.5) is 4.79 Å². The summed E-state index contributed by atoms with van der Waals surface area (Å²) < 4.78 is 21.3. The summed E-state index contributed by atoms with van der Waals surface area (Å²) >= 11 is 0. The molecule has 2 aliphatic heterocycles. The first-order chi connectivity index (χ1) is 15.0. The predicted octanol–water partition coefficient (Wildman–Crippen LogP) is 2.42. The van der Waals surface area contributed by atoms with Crippen LogP contribution in [0.5, 0.6) is 11.5 Å². The zero-order valence-electron chi connectivity index (χ0n) is 17.0. The minimum atomic E-state index is -1.23. The van der Waals surface area contributed by atoms with Gasteiger partial charge in [0.2, 0.25) is 11.5 Å². The molecule has 1 saturated heterocycles. The molecule has 0 radical (unpaired) electrons. The first kappa shape index (κ1) is 20.9. The van der Waals surface area contributed by atoms with Gasteiger partial charge in [-0.15, -0.1) is 0 Å². The van der Waals surface area contributed by atoms with E-state index in [1.165, 1.54) is 6.07 Å². The van der Waals surface area contributed by atoms with Crippen LogP contribution in [0.1, 0.15) is 38.1 Å². The normalized spacial score (nSPS) is 18.1. The molecule has 2 aromatic rings. The molecule has 4 rings (SSSR count). The highest BCUT2D eigenvalue weighted by Gasteiger charge is 2.39. The van der Waals surface area contributed by atoms with Crippen LogP contribution in [0.3, 0.4) is 0 Å². The van der Waals surface area contributed by atoms with Gasteiger partial charge >= 0.3 is 18.0 Å². The highest BCUT2D eigenvalue weighted by Crippen LogP contribution is 2.44. The number of primary amides is 1. The molecule has 0 bridgehead atoms. The van der Waals surface area contributed by atoms with Gasteiger partial charge in [0.05, 0.1) is 5.56 Å². The molecule has 1 fully saturated rings. The van der Waals surface area contributed by atoms with Gasteiger partial charge in [0.15, 0.2) is 11.8 Å². The van der Waals surface area contributed by atoms with E-state index in [-0.39, 0.29) is 28.9 Å². The third-order valence-corrected chi connectivity index (χ3v) is 5.53. The van der Waals surface area contributed by atoms with Crippen LogP contribution in [0.25, 0.3) is 11.3 Å². The molecule has 10 heteroatoms. The van der Waals surface area contributed by atoms with Crippen LogP contribution >= 0.6 is 0 Å².